The largest absolute Gasteiger partial charge is 0.397 e. The molecule has 2 aliphatic heterocycles. The number of aromatic nitrogens is 1. The number of nitrogens with one attached hydrogen (secondary N) is 1. The second kappa shape index (κ2) is 6.35. The van der Waals surface area contributed by atoms with Crippen LogP contribution in [0.2, 0.25) is 0 Å². The van der Waals surface area contributed by atoms with Crippen molar-refractivity contribution < 1.29 is 9.59 Å². The molecule has 2 fully saturated rings. The number of nitrogens with two attached hydrogens (primary N) is 1. The Kier molecular flexibility index (Phi) is 4.03. The molecule has 2 aromatic rings. The van der Waals surface area contributed by atoms with Crippen molar-refractivity contribution in [3.8, 4) is 0 Å². The number of likely N-dealkylation sites (tertiary alicyclic amines) is 1. The van der Waals surface area contributed by atoms with Crippen molar-refractivity contribution in [1.82, 2.24) is 15.2 Å². The standard InChI is InChI=1S/C19H22N4O2/c20-14-11-13-3-1-2-4-15(13)22-18(14)12-7-9-23(10-8-12)19(25)16-5-6-17(24)21-16/h1-4,11-12,16H,5-10,20H2,(H,21,24). The zero-order valence-corrected chi connectivity index (χ0v) is 14.1. The minimum Gasteiger partial charge on any atom is -0.397 e. The third-order valence-electron chi connectivity index (χ3n) is 5.27. The molecule has 3 N–H and O–H groups in total. The fraction of sp³-hybridized carbons (Fsp3) is 0.421. The molecule has 3 heterocycles. The maximum atomic E-state index is 12.5. The van der Waals surface area contributed by atoms with E-state index in [9.17, 15) is 9.59 Å². The van der Waals surface area contributed by atoms with Crippen molar-refractivity contribution in [2.24, 2.45) is 0 Å². The van der Waals surface area contributed by atoms with Gasteiger partial charge in [0, 0.05) is 30.8 Å². The van der Waals surface area contributed by atoms with E-state index in [1.54, 1.807) is 0 Å². The van der Waals surface area contributed by atoms with Gasteiger partial charge in [0.25, 0.3) is 0 Å². The van der Waals surface area contributed by atoms with Crippen LogP contribution < -0.4 is 11.1 Å². The molecule has 2 amide bonds. The number of hydrogen-bond acceptors (Lipinski definition) is 4. The first-order valence-corrected chi connectivity index (χ1v) is 8.85. The normalized spacial score (nSPS) is 21.5. The number of nitrogen functional groups attached to an aromatic ring is 1. The molecule has 2 saturated heterocycles. The van der Waals surface area contributed by atoms with E-state index < -0.39 is 0 Å². The first-order valence-electron chi connectivity index (χ1n) is 8.85. The van der Waals surface area contributed by atoms with Gasteiger partial charge in [0.1, 0.15) is 6.04 Å². The number of carbonyl (C=O) groups excluding carboxylic acids is 2. The molecule has 0 spiro atoms. The molecule has 130 valence electrons. The van der Waals surface area contributed by atoms with Crippen LogP contribution in [0.25, 0.3) is 10.9 Å². The molecule has 1 unspecified atom stereocenters. The van der Waals surface area contributed by atoms with Crippen LogP contribution in [-0.4, -0.2) is 40.8 Å². The van der Waals surface area contributed by atoms with Gasteiger partial charge in [0.05, 0.1) is 16.9 Å². The number of fused-ring (bicyclic) bond motifs is 1. The third-order valence-corrected chi connectivity index (χ3v) is 5.27. The number of nitrogens with zero attached hydrogens (tertiary/aromatic N) is 2. The summed E-state index contributed by atoms with van der Waals surface area (Å²) in [6, 6.07) is 9.62. The summed E-state index contributed by atoms with van der Waals surface area (Å²) in [5.41, 5.74) is 8.87. The number of anilines is 1. The van der Waals surface area contributed by atoms with Crippen LogP contribution in [0.4, 0.5) is 5.69 Å². The first kappa shape index (κ1) is 15.9. The fourth-order valence-corrected chi connectivity index (χ4v) is 3.87. The van der Waals surface area contributed by atoms with Gasteiger partial charge in [-0.1, -0.05) is 18.2 Å². The Morgan fingerprint density at radius 1 is 1.20 bits per heavy atom. The van der Waals surface area contributed by atoms with Crippen molar-refractivity contribution in [2.45, 2.75) is 37.6 Å². The molecular formula is C19H22N4O2. The Bertz CT molecular complexity index is 827. The Morgan fingerprint density at radius 2 is 1.96 bits per heavy atom. The lowest BCUT2D eigenvalue weighted by atomic mass is 9.91. The third kappa shape index (κ3) is 3.04. The van der Waals surface area contributed by atoms with E-state index in [4.69, 9.17) is 10.7 Å². The minimum atomic E-state index is -0.340. The van der Waals surface area contributed by atoms with E-state index in [2.05, 4.69) is 5.32 Å². The lowest BCUT2D eigenvalue weighted by Crippen LogP contribution is -2.47. The van der Waals surface area contributed by atoms with Crippen molar-refractivity contribution in [3.05, 3.63) is 36.0 Å². The highest BCUT2D eigenvalue weighted by molar-refractivity contribution is 5.90. The Balaban J connectivity index is 1.46. The van der Waals surface area contributed by atoms with Gasteiger partial charge in [-0.15, -0.1) is 0 Å². The van der Waals surface area contributed by atoms with Gasteiger partial charge < -0.3 is 16.0 Å². The van der Waals surface area contributed by atoms with Gasteiger partial charge >= 0.3 is 0 Å². The van der Waals surface area contributed by atoms with Crippen LogP contribution in [0, 0.1) is 0 Å². The molecule has 25 heavy (non-hydrogen) atoms. The van der Waals surface area contributed by atoms with E-state index in [0.717, 1.165) is 35.1 Å². The zero-order chi connectivity index (χ0) is 17.4. The maximum Gasteiger partial charge on any atom is 0.245 e. The summed E-state index contributed by atoms with van der Waals surface area (Å²) < 4.78 is 0. The summed E-state index contributed by atoms with van der Waals surface area (Å²) >= 11 is 0. The van der Waals surface area contributed by atoms with E-state index in [1.807, 2.05) is 35.2 Å². The first-order chi connectivity index (χ1) is 12.1. The van der Waals surface area contributed by atoms with Crippen LogP contribution in [0.1, 0.15) is 37.3 Å². The van der Waals surface area contributed by atoms with Crippen LogP contribution in [0.5, 0.6) is 0 Å². The Morgan fingerprint density at radius 3 is 2.68 bits per heavy atom. The topological polar surface area (TPSA) is 88.3 Å². The van der Waals surface area contributed by atoms with E-state index in [1.165, 1.54) is 0 Å². The SMILES string of the molecule is Nc1cc2ccccc2nc1C1CCN(C(=O)C2CCC(=O)N2)CC1. The van der Waals surface area contributed by atoms with Crippen LogP contribution in [0.3, 0.4) is 0 Å². The van der Waals surface area contributed by atoms with Crippen LogP contribution in [0.15, 0.2) is 30.3 Å². The van der Waals surface area contributed by atoms with E-state index in [-0.39, 0.29) is 23.8 Å². The van der Waals surface area contributed by atoms with Gasteiger partial charge in [-0.3, -0.25) is 14.6 Å². The van der Waals surface area contributed by atoms with Crippen molar-refractivity contribution in [2.75, 3.05) is 18.8 Å². The molecule has 2 aliphatic rings. The summed E-state index contributed by atoms with van der Waals surface area (Å²) in [4.78, 5) is 30.5. The lowest BCUT2D eigenvalue weighted by molar-refractivity contribution is -0.135. The number of amides is 2. The monoisotopic (exact) mass is 338 g/mol. The highest BCUT2D eigenvalue weighted by Gasteiger charge is 2.33. The predicted octanol–water partition coefficient (Wildman–Crippen LogP) is 1.80. The predicted molar refractivity (Wildman–Crippen MR) is 95.9 cm³/mol. The number of hydrogen-bond donors (Lipinski definition) is 2. The smallest absolute Gasteiger partial charge is 0.245 e. The highest BCUT2D eigenvalue weighted by atomic mass is 16.2. The van der Waals surface area contributed by atoms with Gasteiger partial charge in [-0.25, -0.2) is 0 Å². The number of carbonyl (C=O) groups is 2. The minimum absolute atomic E-state index is 0.0265. The van der Waals surface area contributed by atoms with Crippen LogP contribution >= 0.6 is 0 Å². The van der Waals surface area contributed by atoms with Gasteiger partial charge in [-0.05, 0) is 31.4 Å². The summed E-state index contributed by atoms with van der Waals surface area (Å²) in [5, 5.41) is 3.81. The summed E-state index contributed by atoms with van der Waals surface area (Å²) in [5.74, 6) is 0.289. The van der Waals surface area contributed by atoms with Gasteiger partial charge in [0.2, 0.25) is 11.8 Å². The van der Waals surface area contributed by atoms with Crippen molar-refractivity contribution in [1.29, 1.82) is 0 Å². The molecule has 1 aromatic carbocycles. The molecule has 6 heteroatoms. The summed E-state index contributed by atoms with van der Waals surface area (Å²) in [7, 11) is 0. The second-order valence-electron chi connectivity index (χ2n) is 6.91. The maximum absolute atomic E-state index is 12.5. The molecule has 1 aromatic heterocycles. The number of benzene rings is 1. The molecule has 0 bridgehead atoms. The molecule has 0 radical (unpaired) electrons. The average molecular weight is 338 g/mol. The fourth-order valence-electron chi connectivity index (χ4n) is 3.87. The number of pyridine rings is 1. The summed E-state index contributed by atoms with van der Waals surface area (Å²) in [6.07, 6.45) is 2.76. The molecule has 0 aliphatic carbocycles. The molecule has 6 nitrogen and oxygen atoms in total. The number of para-hydroxylation sites is 1. The molecule has 0 saturated carbocycles. The zero-order valence-electron chi connectivity index (χ0n) is 14.1. The molecule has 1 atom stereocenters. The molecule has 4 rings (SSSR count). The van der Waals surface area contributed by atoms with Crippen molar-refractivity contribution in [3.63, 3.8) is 0 Å². The quantitative estimate of drug-likeness (QED) is 0.874. The Hall–Kier alpha value is -2.63. The highest BCUT2D eigenvalue weighted by Crippen LogP contribution is 2.32. The van der Waals surface area contributed by atoms with Gasteiger partial charge in [0.15, 0.2) is 0 Å². The Labute approximate surface area is 146 Å². The second-order valence-corrected chi connectivity index (χ2v) is 6.91. The number of rotatable bonds is 2. The van der Waals surface area contributed by atoms with E-state index in [0.29, 0.717) is 25.9 Å². The van der Waals surface area contributed by atoms with Gasteiger partial charge in [-0.2, -0.15) is 0 Å². The summed E-state index contributed by atoms with van der Waals surface area (Å²) in [6.45, 7) is 1.37. The lowest BCUT2D eigenvalue weighted by Gasteiger charge is -2.33. The molecular weight excluding hydrogens is 316 g/mol. The van der Waals surface area contributed by atoms with E-state index >= 15 is 0 Å². The number of piperidine rings is 1. The van der Waals surface area contributed by atoms with Crippen molar-refractivity contribution >= 4 is 28.4 Å². The average Bonchev–Trinajstić information content (AvgIpc) is 3.07. The van der Waals surface area contributed by atoms with Crippen LogP contribution in [-0.2, 0) is 9.59 Å².